The van der Waals surface area contributed by atoms with Crippen molar-refractivity contribution in [2.45, 2.75) is 19.9 Å². The number of benzene rings is 2. The molecule has 0 fully saturated rings. The maximum absolute atomic E-state index is 13.1. The van der Waals surface area contributed by atoms with Crippen LogP contribution in [0.4, 0.5) is 8.78 Å². The number of hydrogen-bond donors (Lipinski definition) is 1. The molecule has 128 valence electrons. The zero-order chi connectivity index (χ0) is 17.5. The van der Waals surface area contributed by atoms with Crippen molar-refractivity contribution in [2.75, 3.05) is 13.1 Å². The van der Waals surface area contributed by atoms with Gasteiger partial charge in [0.2, 0.25) is 0 Å². The predicted molar refractivity (Wildman–Crippen MR) is 86.1 cm³/mol. The first-order chi connectivity index (χ1) is 11.5. The summed E-state index contributed by atoms with van der Waals surface area (Å²) in [5.41, 5.74) is 0.933. The van der Waals surface area contributed by atoms with E-state index in [4.69, 9.17) is 9.84 Å². The molecule has 0 atom stereocenters. The van der Waals surface area contributed by atoms with Gasteiger partial charge in [-0.15, -0.1) is 0 Å². The Morgan fingerprint density at radius 3 is 2.25 bits per heavy atom. The minimum Gasteiger partial charge on any atom is -0.480 e. The van der Waals surface area contributed by atoms with E-state index in [9.17, 15) is 13.6 Å². The third-order valence-electron chi connectivity index (χ3n) is 3.30. The Kier molecular flexibility index (Phi) is 6.26. The van der Waals surface area contributed by atoms with Gasteiger partial charge < -0.3 is 9.84 Å². The lowest BCUT2D eigenvalue weighted by molar-refractivity contribution is -0.138. The lowest BCUT2D eigenvalue weighted by Crippen LogP contribution is -2.30. The van der Waals surface area contributed by atoms with Crippen LogP contribution in [0.5, 0.6) is 11.5 Å². The molecule has 0 heterocycles. The first-order valence-electron chi connectivity index (χ1n) is 7.63. The maximum atomic E-state index is 13.1. The zero-order valence-electron chi connectivity index (χ0n) is 13.3. The SMILES string of the molecule is CCCN(CC(=O)O)Cc1ccc(Oc2cc(F)cc(F)c2)cc1. The largest absolute Gasteiger partial charge is 0.480 e. The molecule has 0 aliphatic carbocycles. The summed E-state index contributed by atoms with van der Waals surface area (Å²) in [6.45, 7) is 3.17. The fraction of sp³-hybridized carbons (Fsp3) is 0.278. The van der Waals surface area contributed by atoms with E-state index in [2.05, 4.69) is 0 Å². The number of hydrogen-bond acceptors (Lipinski definition) is 3. The Balaban J connectivity index is 2.02. The van der Waals surface area contributed by atoms with Crippen LogP contribution in [0.25, 0.3) is 0 Å². The molecule has 0 radical (unpaired) electrons. The van der Waals surface area contributed by atoms with Crippen LogP contribution in [0.2, 0.25) is 0 Å². The second kappa shape index (κ2) is 8.40. The number of carbonyl (C=O) groups is 1. The molecule has 1 N–H and O–H groups in total. The third kappa shape index (κ3) is 5.62. The van der Waals surface area contributed by atoms with Crippen molar-refractivity contribution in [1.29, 1.82) is 0 Å². The molecule has 24 heavy (non-hydrogen) atoms. The Labute approximate surface area is 139 Å². The van der Waals surface area contributed by atoms with Gasteiger partial charge in [-0.25, -0.2) is 8.78 Å². The van der Waals surface area contributed by atoms with Crippen LogP contribution < -0.4 is 4.74 Å². The molecule has 0 bridgehead atoms. The maximum Gasteiger partial charge on any atom is 0.317 e. The molecular weight excluding hydrogens is 316 g/mol. The number of rotatable bonds is 8. The number of halogens is 2. The lowest BCUT2D eigenvalue weighted by atomic mass is 10.2. The molecular formula is C18H19F2NO3. The van der Waals surface area contributed by atoms with E-state index in [0.717, 1.165) is 30.2 Å². The number of aliphatic carboxylic acids is 1. The molecule has 0 aliphatic heterocycles. The highest BCUT2D eigenvalue weighted by atomic mass is 19.1. The van der Waals surface area contributed by atoms with Crippen LogP contribution in [-0.4, -0.2) is 29.1 Å². The van der Waals surface area contributed by atoms with Crippen LogP contribution in [0.3, 0.4) is 0 Å². The zero-order valence-corrected chi connectivity index (χ0v) is 13.3. The molecule has 0 aromatic heterocycles. The van der Waals surface area contributed by atoms with Crippen molar-refractivity contribution in [3.8, 4) is 11.5 Å². The minimum absolute atomic E-state index is 0.0192. The second-order valence-electron chi connectivity index (χ2n) is 5.46. The normalized spacial score (nSPS) is 10.8. The quantitative estimate of drug-likeness (QED) is 0.790. The first kappa shape index (κ1) is 17.9. The summed E-state index contributed by atoms with van der Waals surface area (Å²) in [5, 5.41) is 8.92. The van der Waals surface area contributed by atoms with E-state index >= 15 is 0 Å². The first-order valence-corrected chi connectivity index (χ1v) is 7.63. The van der Waals surface area contributed by atoms with Crippen LogP contribution >= 0.6 is 0 Å². The van der Waals surface area contributed by atoms with Crippen molar-refractivity contribution in [1.82, 2.24) is 4.90 Å². The average molecular weight is 335 g/mol. The lowest BCUT2D eigenvalue weighted by Gasteiger charge is -2.19. The highest BCUT2D eigenvalue weighted by Gasteiger charge is 2.10. The Hall–Kier alpha value is -2.47. The van der Waals surface area contributed by atoms with Gasteiger partial charge in [0.25, 0.3) is 0 Å². The average Bonchev–Trinajstić information content (AvgIpc) is 2.48. The van der Waals surface area contributed by atoms with Gasteiger partial charge in [-0.2, -0.15) is 0 Å². The highest BCUT2D eigenvalue weighted by molar-refractivity contribution is 5.69. The van der Waals surface area contributed by atoms with Gasteiger partial charge in [0.1, 0.15) is 23.1 Å². The van der Waals surface area contributed by atoms with E-state index in [-0.39, 0.29) is 12.3 Å². The van der Waals surface area contributed by atoms with Gasteiger partial charge in [-0.1, -0.05) is 19.1 Å². The van der Waals surface area contributed by atoms with Gasteiger partial charge in [0, 0.05) is 24.7 Å². The highest BCUT2D eigenvalue weighted by Crippen LogP contribution is 2.23. The number of nitrogens with zero attached hydrogens (tertiary/aromatic N) is 1. The fourth-order valence-electron chi connectivity index (χ4n) is 2.37. The molecule has 0 spiro atoms. The Morgan fingerprint density at radius 1 is 1.08 bits per heavy atom. The monoisotopic (exact) mass is 335 g/mol. The van der Waals surface area contributed by atoms with Crippen molar-refractivity contribution < 1.29 is 23.4 Å². The van der Waals surface area contributed by atoms with E-state index in [1.165, 1.54) is 0 Å². The molecule has 2 rings (SSSR count). The Morgan fingerprint density at radius 2 is 1.71 bits per heavy atom. The number of ether oxygens (including phenoxy) is 1. The topological polar surface area (TPSA) is 49.8 Å². The Bertz CT molecular complexity index is 669. The molecule has 2 aromatic rings. The molecule has 6 heteroatoms. The van der Waals surface area contributed by atoms with Gasteiger partial charge in [-0.3, -0.25) is 9.69 Å². The third-order valence-corrected chi connectivity index (χ3v) is 3.30. The molecule has 0 saturated heterocycles. The molecule has 0 amide bonds. The summed E-state index contributed by atoms with van der Waals surface area (Å²) in [6.07, 6.45) is 0.861. The van der Waals surface area contributed by atoms with Gasteiger partial charge in [-0.05, 0) is 30.7 Å². The molecule has 0 saturated carbocycles. The molecule has 0 unspecified atom stereocenters. The summed E-state index contributed by atoms with van der Waals surface area (Å²) < 4.78 is 31.7. The van der Waals surface area contributed by atoms with E-state index < -0.39 is 17.6 Å². The number of carboxylic acids is 1. The summed E-state index contributed by atoms with van der Waals surface area (Å²) in [4.78, 5) is 12.7. The van der Waals surface area contributed by atoms with Crippen molar-refractivity contribution in [3.63, 3.8) is 0 Å². The molecule has 2 aromatic carbocycles. The van der Waals surface area contributed by atoms with Crippen LogP contribution in [0, 0.1) is 11.6 Å². The van der Waals surface area contributed by atoms with Crippen LogP contribution in [-0.2, 0) is 11.3 Å². The van der Waals surface area contributed by atoms with E-state index in [1.54, 1.807) is 24.3 Å². The molecule has 4 nitrogen and oxygen atoms in total. The van der Waals surface area contributed by atoms with Crippen molar-refractivity contribution in [3.05, 3.63) is 59.7 Å². The van der Waals surface area contributed by atoms with Crippen molar-refractivity contribution >= 4 is 5.97 Å². The predicted octanol–water partition coefficient (Wildman–Crippen LogP) is 4.05. The van der Waals surface area contributed by atoms with Crippen molar-refractivity contribution in [2.24, 2.45) is 0 Å². The van der Waals surface area contributed by atoms with Crippen LogP contribution in [0.1, 0.15) is 18.9 Å². The fourth-order valence-corrected chi connectivity index (χ4v) is 2.37. The van der Waals surface area contributed by atoms with E-state index in [0.29, 0.717) is 18.8 Å². The second-order valence-corrected chi connectivity index (χ2v) is 5.46. The molecule has 0 aliphatic rings. The minimum atomic E-state index is -0.864. The smallest absolute Gasteiger partial charge is 0.317 e. The summed E-state index contributed by atoms with van der Waals surface area (Å²) in [7, 11) is 0. The van der Waals surface area contributed by atoms with Gasteiger partial charge in [0.15, 0.2) is 0 Å². The number of carboxylic acid groups (broad SMARTS) is 1. The van der Waals surface area contributed by atoms with Crippen LogP contribution in [0.15, 0.2) is 42.5 Å². The standard InChI is InChI=1S/C18H19F2NO3/c1-2-7-21(12-18(22)23)11-13-3-5-16(6-4-13)24-17-9-14(19)8-15(20)10-17/h3-6,8-10H,2,7,11-12H2,1H3,(H,22,23). The summed E-state index contributed by atoms with van der Waals surface area (Å²) >= 11 is 0. The summed E-state index contributed by atoms with van der Waals surface area (Å²) in [5.74, 6) is -1.74. The summed E-state index contributed by atoms with van der Waals surface area (Å²) in [6, 6.07) is 9.96. The van der Waals surface area contributed by atoms with Gasteiger partial charge in [0.05, 0.1) is 6.54 Å². The van der Waals surface area contributed by atoms with E-state index in [1.807, 2.05) is 11.8 Å². The van der Waals surface area contributed by atoms with Gasteiger partial charge >= 0.3 is 5.97 Å².